The highest BCUT2D eigenvalue weighted by molar-refractivity contribution is 7.89. The Labute approximate surface area is 104 Å². The van der Waals surface area contributed by atoms with Gasteiger partial charge in [-0.2, -0.15) is 0 Å². The van der Waals surface area contributed by atoms with Gasteiger partial charge in [0, 0.05) is 6.04 Å². The largest absolute Gasteiger partial charge is 0.478 e. The maximum absolute atomic E-state index is 11.9. The van der Waals surface area contributed by atoms with Gasteiger partial charge in [0.05, 0.1) is 16.6 Å². The van der Waals surface area contributed by atoms with Crippen LogP contribution in [-0.4, -0.2) is 36.7 Å². The minimum absolute atomic E-state index is 0.0221. The fourth-order valence-corrected chi connectivity index (χ4v) is 3.01. The number of aliphatic hydroxyl groups excluding tert-OH is 1. The normalized spacial score (nSPS) is 23.4. The Balaban J connectivity index is 2.12. The van der Waals surface area contributed by atoms with E-state index in [1.54, 1.807) is 0 Å². The average molecular weight is 271 g/mol. The van der Waals surface area contributed by atoms with E-state index in [2.05, 4.69) is 4.72 Å². The topological polar surface area (TPSA) is 104 Å². The van der Waals surface area contributed by atoms with Crippen molar-refractivity contribution in [3.05, 3.63) is 29.8 Å². The summed E-state index contributed by atoms with van der Waals surface area (Å²) < 4.78 is 26.2. The number of carbonyl (C=O) groups is 1. The van der Waals surface area contributed by atoms with Crippen molar-refractivity contribution in [3.8, 4) is 0 Å². The van der Waals surface area contributed by atoms with Gasteiger partial charge in [0.15, 0.2) is 0 Å². The number of carboxylic acid groups (broad SMARTS) is 1. The number of hydrogen-bond acceptors (Lipinski definition) is 4. The van der Waals surface area contributed by atoms with Gasteiger partial charge < -0.3 is 10.2 Å². The summed E-state index contributed by atoms with van der Waals surface area (Å²) in [6, 6.07) is 4.74. The van der Waals surface area contributed by atoms with Crippen LogP contribution < -0.4 is 4.72 Å². The second kappa shape index (κ2) is 4.68. The molecule has 0 heterocycles. The third kappa shape index (κ3) is 2.69. The minimum atomic E-state index is -3.64. The summed E-state index contributed by atoms with van der Waals surface area (Å²) in [7, 11) is -3.64. The number of hydrogen-bond donors (Lipinski definition) is 3. The Bertz CT molecular complexity index is 545. The molecule has 0 radical (unpaired) electrons. The first-order chi connectivity index (χ1) is 8.38. The Morgan fingerprint density at radius 1 is 1.22 bits per heavy atom. The number of rotatable bonds is 4. The van der Waals surface area contributed by atoms with Crippen molar-refractivity contribution in [2.75, 3.05) is 0 Å². The molecule has 0 unspecified atom stereocenters. The third-order valence-corrected chi connectivity index (χ3v) is 4.38. The lowest BCUT2D eigenvalue weighted by Gasteiger charge is -2.31. The molecule has 1 aliphatic rings. The lowest BCUT2D eigenvalue weighted by Crippen LogP contribution is -2.46. The number of aliphatic hydroxyl groups is 1. The van der Waals surface area contributed by atoms with E-state index in [9.17, 15) is 13.2 Å². The molecule has 6 nitrogen and oxygen atoms in total. The molecule has 1 fully saturated rings. The molecule has 1 saturated carbocycles. The van der Waals surface area contributed by atoms with Crippen LogP contribution in [0.15, 0.2) is 29.2 Å². The van der Waals surface area contributed by atoms with Gasteiger partial charge in [0.2, 0.25) is 10.0 Å². The van der Waals surface area contributed by atoms with Gasteiger partial charge >= 0.3 is 5.97 Å². The zero-order chi connectivity index (χ0) is 13.3. The fraction of sp³-hybridized carbons (Fsp3) is 0.364. The summed E-state index contributed by atoms with van der Waals surface area (Å²) in [5.74, 6) is -1.10. The second-order valence-corrected chi connectivity index (χ2v) is 5.99. The average Bonchev–Trinajstić information content (AvgIpc) is 2.27. The smallest absolute Gasteiger partial charge is 0.335 e. The monoisotopic (exact) mass is 271 g/mol. The highest BCUT2D eigenvalue weighted by Crippen LogP contribution is 2.22. The second-order valence-electron chi connectivity index (χ2n) is 4.27. The van der Waals surface area contributed by atoms with Crippen LogP contribution in [0, 0.1) is 0 Å². The van der Waals surface area contributed by atoms with Crippen LogP contribution in [0.2, 0.25) is 0 Å². The molecule has 18 heavy (non-hydrogen) atoms. The Morgan fingerprint density at radius 3 is 2.22 bits per heavy atom. The molecule has 0 aromatic heterocycles. The Kier molecular flexibility index (Phi) is 3.38. The van der Waals surface area contributed by atoms with Crippen LogP contribution in [0.5, 0.6) is 0 Å². The predicted molar refractivity (Wildman–Crippen MR) is 62.8 cm³/mol. The van der Waals surface area contributed by atoms with E-state index in [0.29, 0.717) is 12.8 Å². The molecule has 0 amide bonds. The molecule has 7 heteroatoms. The predicted octanol–water partition coefficient (Wildman–Crippen LogP) is 0.186. The zero-order valence-corrected chi connectivity index (χ0v) is 10.2. The summed E-state index contributed by atoms with van der Waals surface area (Å²) in [6.07, 6.45) is 0.380. The van der Waals surface area contributed by atoms with Crippen molar-refractivity contribution >= 4 is 16.0 Å². The van der Waals surface area contributed by atoms with Gasteiger partial charge in [0.1, 0.15) is 0 Å². The molecule has 0 spiro atoms. The standard InChI is InChI=1S/C11H13NO5S/c13-9-5-8(6-9)12-18(16,17)10-3-1-7(2-4-10)11(14)15/h1-4,8-9,12-13H,5-6H2,(H,14,15). The zero-order valence-electron chi connectivity index (χ0n) is 9.41. The quantitative estimate of drug-likeness (QED) is 0.725. The summed E-state index contributed by atoms with van der Waals surface area (Å²) in [5.41, 5.74) is 0.0352. The van der Waals surface area contributed by atoms with E-state index >= 15 is 0 Å². The Hall–Kier alpha value is -1.44. The number of nitrogens with one attached hydrogen (secondary N) is 1. The van der Waals surface area contributed by atoms with Gasteiger partial charge in [-0.15, -0.1) is 0 Å². The number of benzene rings is 1. The van der Waals surface area contributed by atoms with Gasteiger partial charge in [-0.25, -0.2) is 17.9 Å². The van der Waals surface area contributed by atoms with Crippen LogP contribution in [0.4, 0.5) is 0 Å². The molecule has 0 atom stereocenters. The summed E-state index contributed by atoms with van der Waals surface area (Å²) in [6.45, 7) is 0. The molecule has 1 aromatic rings. The van der Waals surface area contributed by atoms with Crippen LogP contribution in [-0.2, 0) is 10.0 Å². The van der Waals surface area contributed by atoms with Gasteiger partial charge in [-0.1, -0.05) is 0 Å². The summed E-state index contributed by atoms with van der Waals surface area (Å²) in [5, 5.41) is 17.8. The van der Waals surface area contributed by atoms with Crippen LogP contribution in [0.25, 0.3) is 0 Å². The van der Waals surface area contributed by atoms with Crippen LogP contribution >= 0.6 is 0 Å². The van der Waals surface area contributed by atoms with E-state index in [4.69, 9.17) is 10.2 Å². The number of sulfonamides is 1. The molecular weight excluding hydrogens is 258 g/mol. The first-order valence-corrected chi connectivity index (χ1v) is 6.90. The van der Waals surface area contributed by atoms with Gasteiger partial charge in [-0.05, 0) is 37.1 Å². The maximum Gasteiger partial charge on any atom is 0.335 e. The molecule has 0 aliphatic heterocycles. The lowest BCUT2D eigenvalue weighted by molar-refractivity contribution is 0.0693. The highest BCUT2D eigenvalue weighted by Gasteiger charge is 2.31. The number of aromatic carboxylic acids is 1. The van der Waals surface area contributed by atoms with Crippen LogP contribution in [0.1, 0.15) is 23.2 Å². The van der Waals surface area contributed by atoms with E-state index in [0.717, 1.165) is 0 Å². The van der Waals surface area contributed by atoms with Crippen LogP contribution in [0.3, 0.4) is 0 Å². The van der Waals surface area contributed by atoms with Crippen molar-refractivity contribution < 1.29 is 23.4 Å². The highest BCUT2D eigenvalue weighted by atomic mass is 32.2. The maximum atomic E-state index is 11.9. The molecule has 0 saturated heterocycles. The lowest BCUT2D eigenvalue weighted by atomic mass is 9.91. The first-order valence-electron chi connectivity index (χ1n) is 5.42. The molecule has 98 valence electrons. The molecule has 0 bridgehead atoms. The summed E-state index contributed by atoms with van der Waals surface area (Å²) >= 11 is 0. The van der Waals surface area contributed by atoms with E-state index in [1.807, 2.05) is 0 Å². The molecule has 1 aliphatic carbocycles. The van der Waals surface area contributed by atoms with E-state index in [-0.39, 0.29) is 16.5 Å². The van der Waals surface area contributed by atoms with E-state index in [1.165, 1.54) is 24.3 Å². The first kappa shape index (κ1) is 13.0. The fourth-order valence-electron chi connectivity index (χ4n) is 1.75. The van der Waals surface area contributed by atoms with Gasteiger partial charge in [0.25, 0.3) is 0 Å². The van der Waals surface area contributed by atoms with Crippen molar-refractivity contribution in [3.63, 3.8) is 0 Å². The Morgan fingerprint density at radius 2 is 1.78 bits per heavy atom. The van der Waals surface area contributed by atoms with Crippen molar-refractivity contribution in [2.24, 2.45) is 0 Å². The van der Waals surface area contributed by atoms with Crippen molar-refractivity contribution in [1.82, 2.24) is 4.72 Å². The van der Waals surface area contributed by atoms with Gasteiger partial charge in [-0.3, -0.25) is 0 Å². The number of carboxylic acids is 1. The molecule has 3 N–H and O–H groups in total. The van der Waals surface area contributed by atoms with E-state index < -0.39 is 22.1 Å². The SMILES string of the molecule is O=C(O)c1ccc(S(=O)(=O)NC2CC(O)C2)cc1. The van der Waals surface area contributed by atoms with Crippen molar-refractivity contribution in [2.45, 2.75) is 29.9 Å². The third-order valence-electron chi connectivity index (χ3n) is 2.85. The summed E-state index contributed by atoms with van der Waals surface area (Å²) in [4.78, 5) is 10.7. The van der Waals surface area contributed by atoms with Crippen molar-refractivity contribution in [1.29, 1.82) is 0 Å². The molecule has 1 aromatic carbocycles. The molecule has 2 rings (SSSR count). The molecular formula is C11H13NO5S. The minimum Gasteiger partial charge on any atom is -0.478 e.